The summed E-state index contributed by atoms with van der Waals surface area (Å²) in [5.74, 6) is 1.74. The molecule has 3 amide bonds. The van der Waals surface area contributed by atoms with Gasteiger partial charge in [-0.05, 0) is 66.7 Å². The van der Waals surface area contributed by atoms with Crippen LogP contribution in [0.3, 0.4) is 0 Å². The normalized spacial score (nSPS) is 15.8. The highest BCUT2D eigenvalue weighted by molar-refractivity contribution is 8.18. The van der Waals surface area contributed by atoms with E-state index in [1.54, 1.807) is 48.5 Å². The van der Waals surface area contributed by atoms with Gasteiger partial charge in [-0.15, -0.1) is 0 Å². The topological polar surface area (TPSA) is 103 Å². The molecule has 0 saturated carbocycles. The predicted molar refractivity (Wildman–Crippen MR) is 121 cm³/mol. The summed E-state index contributed by atoms with van der Waals surface area (Å²) in [5.41, 5.74) is 0.726. The van der Waals surface area contributed by atoms with E-state index in [1.165, 1.54) is 0 Å². The maximum absolute atomic E-state index is 12.6. The largest absolute Gasteiger partial charge is 0.494 e. The Labute approximate surface area is 194 Å². The lowest BCUT2D eigenvalue weighted by atomic mass is 10.2. The van der Waals surface area contributed by atoms with Crippen molar-refractivity contribution < 1.29 is 33.3 Å². The fourth-order valence-electron chi connectivity index (χ4n) is 3.15. The van der Waals surface area contributed by atoms with Crippen LogP contribution in [-0.2, 0) is 9.59 Å². The number of amides is 3. The SMILES string of the molecule is CCOc1ccc(OCC(=O)NCCN2C(=O)S/C(=C\c3ccc4c(c3)OCO4)C2=O)cc1. The van der Waals surface area contributed by atoms with Crippen LogP contribution in [0.2, 0.25) is 0 Å². The molecule has 2 aromatic rings. The zero-order valence-electron chi connectivity index (χ0n) is 17.9. The molecule has 0 atom stereocenters. The van der Waals surface area contributed by atoms with Gasteiger partial charge in [0.15, 0.2) is 18.1 Å². The number of rotatable bonds is 9. The van der Waals surface area contributed by atoms with Gasteiger partial charge in [0.1, 0.15) is 11.5 Å². The van der Waals surface area contributed by atoms with Gasteiger partial charge < -0.3 is 24.3 Å². The van der Waals surface area contributed by atoms with Gasteiger partial charge in [0, 0.05) is 13.1 Å². The molecule has 0 bridgehead atoms. The first kappa shape index (κ1) is 22.5. The van der Waals surface area contributed by atoms with Gasteiger partial charge in [-0.2, -0.15) is 0 Å². The van der Waals surface area contributed by atoms with Crippen molar-refractivity contribution in [2.45, 2.75) is 6.92 Å². The number of nitrogens with one attached hydrogen (secondary N) is 1. The molecule has 0 radical (unpaired) electrons. The molecular weight excluding hydrogens is 448 g/mol. The average molecular weight is 471 g/mol. The average Bonchev–Trinajstić information content (AvgIpc) is 3.38. The minimum Gasteiger partial charge on any atom is -0.494 e. The van der Waals surface area contributed by atoms with Crippen molar-refractivity contribution in [2.75, 3.05) is 33.1 Å². The zero-order valence-corrected chi connectivity index (χ0v) is 18.7. The second-order valence-corrected chi connectivity index (χ2v) is 7.98. The van der Waals surface area contributed by atoms with Gasteiger partial charge in [0.25, 0.3) is 17.1 Å². The smallest absolute Gasteiger partial charge is 0.293 e. The summed E-state index contributed by atoms with van der Waals surface area (Å²) >= 11 is 0.860. The number of hydrogen-bond acceptors (Lipinski definition) is 8. The fourth-order valence-corrected chi connectivity index (χ4v) is 4.02. The minimum absolute atomic E-state index is 0.0674. The lowest BCUT2D eigenvalue weighted by molar-refractivity contribution is -0.125. The number of nitrogens with zero attached hydrogens (tertiary/aromatic N) is 1. The van der Waals surface area contributed by atoms with Crippen LogP contribution < -0.4 is 24.3 Å². The van der Waals surface area contributed by atoms with Crippen molar-refractivity contribution in [3.05, 3.63) is 52.9 Å². The summed E-state index contributed by atoms with van der Waals surface area (Å²) in [6.07, 6.45) is 1.64. The Morgan fingerprint density at radius 2 is 1.82 bits per heavy atom. The van der Waals surface area contributed by atoms with Crippen LogP contribution in [0.5, 0.6) is 23.0 Å². The molecule has 9 nitrogen and oxygen atoms in total. The van der Waals surface area contributed by atoms with Crippen LogP contribution in [-0.4, -0.2) is 55.0 Å². The Kier molecular flexibility index (Phi) is 7.04. The standard InChI is InChI=1S/C23H22N2O7S/c1-2-29-16-4-6-17(7-5-16)30-13-21(26)24-9-10-25-22(27)20(33-23(25)28)12-15-3-8-18-19(11-15)32-14-31-18/h3-8,11-12H,2,9-10,13-14H2,1H3,(H,24,26)/b20-12-. The van der Waals surface area contributed by atoms with Crippen molar-refractivity contribution in [3.63, 3.8) is 0 Å². The fraction of sp³-hybridized carbons (Fsp3) is 0.261. The minimum atomic E-state index is -0.400. The highest BCUT2D eigenvalue weighted by Gasteiger charge is 2.34. The van der Waals surface area contributed by atoms with Gasteiger partial charge in [0.2, 0.25) is 6.79 Å². The van der Waals surface area contributed by atoms with Crippen LogP contribution in [0.4, 0.5) is 4.79 Å². The van der Waals surface area contributed by atoms with Gasteiger partial charge >= 0.3 is 0 Å². The summed E-state index contributed by atoms with van der Waals surface area (Å²) in [4.78, 5) is 38.3. The van der Waals surface area contributed by atoms with Gasteiger partial charge in [-0.1, -0.05) is 6.07 Å². The molecule has 0 aromatic heterocycles. The molecule has 2 aliphatic heterocycles. The van der Waals surface area contributed by atoms with Crippen molar-refractivity contribution in [2.24, 2.45) is 0 Å². The van der Waals surface area contributed by atoms with Crippen LogP contribution in [0, 0.1) is 0 Å². The summed E-state index contributed by atoms with van der Waals surface area (Å²) in [6, 6.07) is 12.2. The van der Waals surface area contributed by atoms with E-state index < -0.39 is 5.91 Å². The maximum atomic E-state index is 12.6. The Morgan fingerprint density at radius 3 is 2.58 bits per heavy atom. The number of fused-ring (bicyclic) bond motifs is 1. The summed E-state index contributed by atoms with van der Waals surface area (Å²) in [5, 5.41) is 2.27. The Morgan fingerprint density at radius 1 is 1.09 bits per heavy atom. The van der Waals surface area contributed by atoms with Gasteiger partial charge in [-0.3, -0.25) is 19.3 Å². The molecule has 33 heavy (non-hydrogen) atoms. The van der Waals surface area contributed by atoms with E-state index in [4.69, 9.17) is 18.9 Å². The van der Waals surface area contributed by atoms with Crippen molar-refractivity contribution in [1.82, 2.24) is 10.2 Å². The molecule has 4 rings (SSSR count). The lowest BCUT2D eigenvalue weighted by Crippen LogP contribution is -2.38. The van der Waals surface area contributed by atoms with E-state index in [9.17, 15) is 14.4 Å². The number of carbonyl (C=O) groups is 3. The molecule has 1 saturated heterocycles. The second-order valence-electron chi connectivity index (χ2n) is 6.99. The van der Waals surface area contributed by atoms with Crippen LogP contribution in [0.15, 0.2) is 47.4 Å². The molecule has 2 aliphatic rings. The monoisotopic (exact) mass is 470 g/mol. The van der Waals surface area contributed by atoms with Crippen LogP contribution >= 0.6 is 11.8 Å². The Bertz CT molecular complexity index is 1080. The first-order chi connectivity index (χ1) is 16.0. The van der Waals surface area contributed by atoms with Crippen molar-refractivity contribution in [1.29, 1.82) is 0 Å². The van der Waals surface area contributed by atoms with E-state index in [0.717, 1.165) is 28.0 Å². The molecule has 0 aliphatic carbocycles. The number of imide groups is 1. The summed E-state index contributed by atoms with van der Waals surface area (Å²) in [6.45, 7) is 2.64. The van der Waals surface area contributed by atoms with Crippen molar-refractivity contribution >= 4 is 34.9 Å². The van der Waals surface area contributed by atoms with Crippen LogP contribution in [0.25, 0.3) is 6.08 Å². The van der Waals surface area contributed by atoms with Gasteiger partial charge in [0.05, 0.1) is 11.5 Å². The lowest BCUT2D eigenvalue weighted by Gasteiger charge is -2.13. The molecular formula is C23H22N2O7S. The predicted octanol–water partition coefficient (Wildman–Crippen LogP) is 3.05. The summed E-state index contributed by atoms with van der Waals surface area (Å²) < 4.78 is 21.4. The molecule has 1 N–H and O–H groups in total. The number of benzene rings is 2. The number of ether oxygens (including phenoxy) is 4. The third kappa shape index (κ3) is 5.58. The third-order valence-corrected chi connectivity index (χ3v) is 5.64. The highest BCUT2D eigenvalue weighted by atomic mass is 32.2. The second kappa shape index (κ2) is 10.3. The van der Waals surface area contributed by atoms with E-state index in [-0.39, 0.29) is 37.6 Å². The Balaban J connectivity index is 1.24. The maximum Gasteiger partial charge on any atom is 0.293 e. The molecule has 0 unspecified atom stereocenters. The highest BCUT2D eigenvalue weighted by Crippen LogP contribution is 2.36. The first-order valence-corrected chi connectivity index (χ1v) is 11.1. The Hall–Kier alpha value is -3.66. The molecule has 0 spiro atoms. The third-order valence-electron chi connectivity index (χ3n) is 4.73. The van der Waals surface area contributed by atoms with Crippen molar-refractivity contribution in [3.8, 4) is 23.0 Å². The summed E-state index contributed by atoms with van der Waals surface area (Å²) in [7, 11) is 0. The van der Waals surface area contributed by atoms with E-state index in [2.05, 4.69) is 5.32 Å². The molecule has 1 fully saturated rings. The van der Waals surface area contributed by atoms with E-state index in [0.29, 0.717) is 28.8 Å². The number of hydrogen-bond donors (Lipinski definition) is 1. The molecule has 10 heteroatoms. The first-order valence-electron chi connectivity index (χ1n) is 10.3. The quantitative estimate of drug-likeness (QED) is 0.558. The van der Waals surface area contributed by atoms with Crippen LogP contribution in [0.1, 0.15) is 12.5 Å². The number of carbonyl (C=O) groups excluding carboxylic acids is 3. The van der Waals surface area contributed by atoms with E-state index >= 15 is 0 Å². The molecule has 2 aromatic carbocycles. The molecule has 2 heterocycles. The van der Waals surface area contributed by atoms with Gasteiger partial charge in [-0.25, -0.2) is 0 Å². The number of thioether (sulfide) groups is 1. The molecule has 172 valence electrons. The van der Waals surface area contributed by atoms with E-state index in [1.807, 2.05) is 6.92 Å². The zero-order chi connectivity index (χ0) is 23.2.